The molecular formula is C12H24N2O. The molecule has 0 aromatic carbocycles. The van der Waals surface area contributed by atoms with Gasteiger partial charge in [-0.1, -0.05) is 13.3 Å². The average Bonchev–Trinajstić information content (AvgIpc) is 2.17. The van der Waals surface area contributed by atoms with Crippen LogP contribution in [0.5, 0.6) is 0 Å². The summed E-state index contributed by atoms with van der Waals surface area (Å²) >= 11 is 0. The van der Waals surface area contributed by atoms with Crippen molar-refractivity contribution in [1.82, 2.24) is 10.6 Å². The molecule has 3 nitrogen and oxygen atoms in total. The predicted octanol–water partition coefficient (Wildman–Crippen LogP) is 1.68. The van der Waals surface area contributed by atoms with E-state index in [0.717, 1.165) is 6.54 Å². The zero-order valence-electron chi connectivity index (χ0n) is 10.2. The van der Waals surface area contributed by atoms with Gasteiger partial charge < -0.3 is 10.6 Å². The van der Waals surface area contributed by atoms with Gasteiger partial charge in [0.15, 0.2) is 0 Å². The Bertz CT molecular complexity index is 206. The van der Waals surface area contributed by atoms with Crippen molar-refractivity contribution < 1.29 is 4.79 Å². The van der Waals surface area contributed by atoms with Crippen LogP contribution in [0.15, 0.2) is 0 Å². The first-order valence-corrected chi connectivity index (χ1v) is 6.14. The third kappa shape index (κ3) is 3.20. The second-order valence-corrected chi connectivity index (χ2v) is 4.70. The van der Waals surface area contributed by atoms with Crippen LogP contribution in [0.3, 0.4) is 0 Å². The van der Waals surface area contributed by atoms with E-state index in [1.165, 1.54) is 25.7 Å². The van der Waals surface area contributed by atoms with Crippen LogP contribution in [0.25, 0.3) is 0 Å². The third-order valence-electron chi connectivity index (χ3n) is 3.69. The van der Waals surface area contributed by atoms with E-state index in [-0.39, 0.29) is 11.9 Å². The molecule has 0 spiro atoms. The van der Waals surface area contributed by atoms with Crippen molar-refractivity contribution in [2.75, 3.05) is 13.1 Å². The summed E-state index contributed by atoms with van der Waals surface area (Å²) in [6.07, 6.45) is 5.21. The minimum absolute atomic E-state index is 0.0611. The van der Waals surface area contributed by atoms with Crippen molar-refractivity contribution in [3.05, 3.63) is 0 Å². The van der Waals surface area contributed by atoms with Gasteiger partial charge in [-0.3, -0.25) is 4.79 Å². The first-order chi connectivity index (χ1) is 7.13. The van der Waals surface area contributed by atoms with Gasteiger partial charge in [-0.15, -0.1) is 0 Å². The van der Waals surface area contributed by atoms with Crippen LogP contribution >= 0.6 is 0 Å². The van der Waals surface area contributed by atoms with Crippen LogP contribution in [0.4, 0.5) is 0 Å². The first-order valence-electron chi connectivity index (χ1n) is 6.14. The summed E-state index contributed by atoms with van der Waals surface area (Å²) < 4.78 is 0. The van der Waals surface area contributed by atoms with Gasteiger partial charge in [-0.25, -0.2) is 0 Å². The molecule has 0 radical (unpaired) electrons. The Morgan fingerprint density at radius 2 is 2.07 bits per heavy atom. The van der Waals surface area contributed by atoms with Crippen LogP contribution < -0.4 is 10.6 Å². The topological polar surface area (TPSA) is 41.1 Å². The normalized spacial score (nSPS) is 20.5. The molecule has 0 heterocycles. The van der Waals surface area contributed by atoms with Gasteiger partial charge in [0, 0.05) is 13.1 Å². The highest BCUT2D eigenvalue weighted by Gasteiger charge is 2.35. The van der Waals surface area contributed by atoms with Crippen LogP contribution in [0.1, 0.15) is 46.5 Å². The quantitative estimate of drug-likeness (QED) is 0.703. The maximum atomic E-state index is 11.5. The van der Waals surface area contributed by atoms with Gasteiger partial charge in [0.25, 0.3) is 0 Å². The van der Waals surface area contributed by atoms with E-state index in [1.54, 1.807) is 0 Å². The molecule has 0 bridgehead atoms. The molecule has 1 atom stereocenters. The fourth-order valence-corrected chi connectivity index (χ4v) is 2.12. The maximum absolute atomic E-state index is 11.5. The lowest BCUT2D eigenvalue weighted by Crippen LogP contribution is -2.48. The fraction of sp³-hybridized carbons (Fsp3) is 0.917. The molecule has 1 rings (SSSR count). The molecule has 0 saturated heterocycles. The Morgan fingerprint density at radius 1 is 1.40 bits per heavy atom. The molecule has 1 amide bonds. The molecular weight excluding hydrogens is 188 g/mol. The van der Waals surface area contributed by atoms with E-state index in [4.69, 9.17) is 0 Å². The van der Waals surface area contributed by atoms with E-state index in [2.05, 4.69) is 17.6 Å². The van der Waals surface area contributed by atoms with E-state index >= 15 is 0 Å². The van der Waals surface area contributed by atoms with Crippen molar-refractivity contribution in [2.24, 2.45) is 5.41 Å². The molecule has 1 aliphatic carbocycles. The third-order valence-corrected chi connectivity index (χ3v) is 3.69. The maximum Gasteiger partial charge on any atom is 0.236 e. The van der Waals surface area contributed by atoms with Crippen LogP contribution in [-0.4, -0.2) is 25.0 Å². The largest absolute Gasteiger partial charge is 0.355 e. The lowest BCUT2D eigenvalue weighted by atomic mass is 9.67. The summed E-state index contributed by atoms with van der Waals surface area (Å²) in [6, 6.07) is -0.0611. The van der Waals surface area contributed by atoms with Gasteiger partial charge in [0.05, 0.1) is 6.04 Å². The summed E-state index contributed by atoms with van der Waals surface area (Å²) in [5.74, 6) is 0.114. The van der Waals surface area contributed by atoms with Crippen molar-refractivity contribution in [3.8, 4) is 0 Å². The molecule has 3 heteroatoms. The number of carbonyl (C=O) groups is 1. The number of hydrogen-bond donors (Lipinski definition) is 2. The summed E-state index contributed by atoms with van der Waals surface area (Å²) in [7, 11) is 0. The van der Waals surface area contributed by atoms with Crippen molar-refractivity contribution in [1.29, 1.82) is 0 Å². The van der Waals surface area contributed by atoms with E-state index in [0.29, 0.717) is 12.0 Å². The fourth-order valence-electron chi connectivity index (χ4n) is 2.12. The Balaban J connectivity index is 2.26. The average molecular weight is 212 g/mol. The van der Waals surface area contributed by atoms with Gasteiger partial charge in [0.1, 0.15) is 0 Å². The number of amides is 1. The monoisotopic (exact) mass is 212 g/mol. The van der Waals surface area contributed by atoms with Crippen LogP contribution in [-0.2, 0) is 4.79 Å². The Hall–Kier alpha value is -0.570. The highest BCUT2D eigenvalue weighted by molar-refractivity contribution is 5.81. The standard InChI is InChI=1S/C12H24N2O/c1-4-12(7-6-8-12)9-14-10(3)11(15)13-5-2/h10,14H,4-9H2,1-3H3,(H,13,15). The summed E-state index contributed by atoms with van der Waals surface area (Å²) in [6.45, 7) is 7.83. The van der Waals surface area contributed by atoms with Crippen LogP contribution in [0.2, 0.25) is 0 Å². The smallest absolute Gasteiger partial charge is 0.236 e. The zero-order chi connectivity index (χ0) is 11.3. The number of hydrogen-bond acceptors (Lipinski definition) is 2. The van der Waals surface area contributed by atoms with Crippen LogP contribution in [0, 0.1) is 5.41 Å². The highest BCUT2D eigenvalue weighted by atomic mass is 16.2. The molecule has 15 heavy (non-hydrogen) atoms. The Kier molecular flexibility index (Phi) is 4.58. The second kappa shape index (κ2) is 5.50. The predicted molar refractivity (Wildman–Crippen MR) is 62.7 cm³/mol. The molecule has 88 valence electrons. The van der Waals surface area contributed by atoms with Gasteiger partial charge in [-0.05, 0) is 38.5 Å². The van der Waals surface area contributed by atoms with Crippen molar-refractivity contribution >= 4 is 5.91 Å². The van der Waals surface area contributed by atoms with Crippen molar-refractivity contribution in [2.45, 2.75) is 52.5 Å². The van der Waals surface area contributed by atoms with Gasteiger partial charge >= 0.3 is 0 Å². The molecule has 0 aliphatic heterocycles. The Morgan fingerprint density at radius 3 is 2.47 bits per heavy atom. The molecule has 2 N–H and O–H groups in total. The molecule has 1 unspecified atom stereocenters. The zero-order valence-corrected chi connectivity index (χ0v) is 10.2. The molecule has 0 aromatic heterocycles. The minimum Gasteiger partial charge on any atom is -0.355 e. The van der Waals surface area contributed by atoms with E-state index in [1.807, 2.05) is 13.8 Å². The minimum atomic E-state index is -0.0611. The highest BCUT2D eigenvalue weighted by Crippen LogP contribution is 2.43. The molecule has 1 fully saturated rings. The van der Waals surface area contributed by atoms with Gasteiger partial charge in [0.2, 0.25) is 5.91 Å². The lowest BCUT2D eigenvalue weighted by Gasteiger charge is -2.42. The Labute approximate surface area is 93.0 Å². The SMILES string of the molecule is CCNC(=O)C(C)NCC1(CC)CCC1. The van der Waals surface area contributed by atoms with E-state index in [9.17, 15) is 4.79 Å². The summed E-state index contributed by atoms with van der Waals surface area (Å²) in [5, 5.41) is 6.18. The number of nitrogens with one attached hydrogen (secondary N) is 2. The van der Waals surface area contributed by atoms with Crippen molar-refractivity contribution in [3.63, 3.8) is 0 Å². The lowest BCUT2D eigenvalue weighted by molar-refractivity contribution is -0.122. The van der Waals surface area contributed by atoms with Gasteiger partial charge in [-0.2, -0.15) is 0 Å². The summed E-state index contributed by atoms with van der Waals surface area (Å²) in [5.41, 5.74) is 0.487. The molecule has 0 aromatic rings. The molecule has 1 aliphatic rings. The molecule has 1 saturated carbocycles. The second-order valence-electron chi connectivity index (χ2n) is 4.70. The number of rotatable bonds is 6. The first kappa shape index (κ1) is 12.5. The summed E-state index contributed by atoms with van der Waals surface area (Å²) in [4.78, 5) is 11.5. The number of likely N-dealkylation sites (N-methyl/N-ethyl adjacent to an activating group) is 1. The van der Waals surface area contributed by atoms with E-state index < -0.39 is 0 Å². The number of carbonyl (C=O) groups excluding carboxylic acids is 1.